The fourth-order valence-electron chi connectivity index (χ4n) is 2.61. The molecule has 1 fully saturated rings. The minimum absolute atomic E-state index is 0.330. The van der Waals surface area contributed by atoms with Gasteiger partial charge in [-0.15, -0.1) is 0 Å². The monoisotopic (exact) mass is 202 g/mol. The van der Waals surface area contributed by atoms with Crippen molar-refractivity contribution in [2.24, 2.45) is 16.7 Å². The molecule has 0 amide bonds. The summed E-state index contributed by atoms with van der Waals surface area (Å²) in [5, 5.41) is 8.98. The smallest absolute Gasteiger partial charge is 0.0433 e. The van der Waals surface area contributed by atoms with Gasteiger partial charge in [0.1, 0.15) is 0 Å². The van der Waals surface area contributed by atoms with Crippen molar-refractivity contribution < 1.29 is 5.11 Å². The molecule has 1 rings (SSSR count). The quantitative estimate of drug-likeness (QED) is 0.674. The van der Waals surface area contributed by atoms with Crippen molar-refractivity contribution in [1.82, 2.24) is 0 Å². The second-order valence-corrected chi connectivity index (χ2v) is 5.50. The van der Waals surface area contributed by atoms with E-state index in [1.54, 1.807) is 0 Å². The average Bonchev–Trinajstić information content (AvgIpc) is 2.30. The Morgan fingerprint density at radius 2 is 2.00 bits per heavy atom. The first-order valence-corrected chi connectivity index (χ1v) is 5.83. The van der Waals surface area contributed by atoms with Crippen molar-refractivity contribution in [2.45, 2.75) is 40.0 Å². The van der Waals surface area contributed by atoms with Crippen LogP contribution in [-0.2, 0) is 0 Å². The summed E-state index contributed by atoms with van der Waals surface area (Å²) in [5.41, 5.74) is 0.688. The molecule has 2 heteroatoms. The van der Waals surface area contributed by atoms with Gasteiger partial charge in [-0.25, -0.2) is 0 Å². The number of aliphatic hydroxyl groups is 1. The van der Waals surface area contributed by atoms with Crippen LogP contribution in [0.15, 0.2) is 0 Å². The zero-order valence-electron chi connectivity index (χ0n) is 9.01. The van der Waals surface area contributed by atoms with Crippen molar-refractivity contribution >= 4 is 12.6 Å². The number of hydrogen-bond acceptors (Lipinski definition) is 2. The largest absolute Gasteiger partial charge is 0.396 e. The molecular weight excluding hydrogens is 180 g/mol. The second-order valence-electron chi connectivity index (χ2n) is 5.19. The van der Waals surface area contributed by atoms with Gasteiger partial charge in [0.05, 0.1) is 0 Å². The van der Waals surface area contributed by atoms with Crippen LogP contribution in [-0.4, -0.2) is 17.5 Å². The van der Waals surface area contributed by atoms with Gasteiger partial charge in [-0.2, -0.15) is 12.6 Å². The van der Waals surface area contributed by atoms with E-state index in [9.17, 15) is 0 Å². The molecule has 0 spiro atoms. The molecule has 2 unspecified atom stereocenters. The van der Waals surface area contributed by atoms with Crippen LogP contribution in [0.25, 0.3) is 0 Å². The molecule has 0 bridgehead atoms. The van der Waals surface area contributed by atoms with Crippen molar-refractivity contribution in [3.05, 3.63) is 0 Å². The molecule has 0 aromatic heterocycles. The van der Waals surface area contributed by atoms with E-state index in [2.05, 4.69) is 33.4 Å². The van der Waals surface area contributed by atoms with Crippen molar-refractivity contribution in [2.75, 3.05) is 12.4 Å². The fraction of sp³-hybridized carbons (Fsp3) is 1.00. The van der Waals surface area contributed by atoms with Crippen LogP contribution in [0.4, 0.5) is 0 Å². The third-order valence-corrected chi connectivity index (χ3v) is 5.15. The van der Waals surface area contributed by atoms with Crippen LogP contribution >= 0.6 is 12.6 Å². The Labute approximate surface area is 87.3 Å². The van der Waals surface area contributed by atoms with Crippen LogP contribution in [0.1, 0.15) is 40.0 Å². The van der Waals surface area contributed by atoms with Crippen molar-refractivity contribution in [3.8, 4) is 0 Å². The van der Waals surface area contributed by atoms with E-state index in [0.717, 1.165) is 12.2 Å². The predicted octanol–water partition coefficient (Wildman–Crippen LogP) is 2.74. The zero-order valence-corrected chi connectivity index (χ0v) is 9.90. The first-order valence-electron chi connectivity index (χ1n) is 5.19. The molecule has 1 nitrogen and oxygen atoms in total. The molecule has 0 radical (unpaired) electrons. The number of rotatable bonds is 3. The molecule has 1 N–H and O–H groups in total. The van der Waals surface area contributed by atoms with E-state index < -0.39 is 0 Å². The third-order valence-electron chi connectivity index (χ3n) is 4.45. The summed E-state index contributed by atoms with van der Waals surface area (Å²) in [6.07, 6.45) is 3.47. The van der Waals surface area contributed by atoms with Gasteiger partial charge in [0.2, 0.25) is 0 Å². The molecule has 1 aliphatic carbocycles. The Hall–Kier alpha value is 0.310. The number of thiol groups is 1. The van der Waals surface area contributed by atoms with Crippen LogP contribution in [0.2, 0.25) is 0 Å². The third kappa shape index (κ3) is 1.75. The van der Waals surface area contributed by atoms with E-state index in [1.807, 2.05) is 0 Å². The molecule has 0 aliphatic heterocycles. The normalized spacial score (nSPS) is 38.1. The summed E-state index contributed by atoms with van der Waals surface area (Å²) in [4.78, 5) is 0. The minimum Gasteiger partial charge on any atom is -0.396 e. The number of hydrogen-bond donors (Lipinski definition) is 2. The summed E-state index contributed by atoms with van der Waals surface area (Å²) < 4.78 is 0. The average molecular weight is 202 g/mol. The van der Waals surface area contributed by atoms with Gasteiger partial charge >= 0.3 is 0 Å². The molecule has 13 heavy (non-hydrogen) atoms. The Bertz CT molecular complexity index is 179. The summed E-state index contributed by atoms with van der Waals surface area (Å²) in [6, 6.07) is 0. The van der Waals surface area contributed by atoms with Crippen LogP contribution in [0, 0.1) is 16.7 Å². The van der Waals surface area contributed by atoms with Crippen molar-refractivity contribution in [1.29, 1.82) is 0 Å². The first-order chi connectivity index (χ1) is 5.98. The lowest BCUT2D eigenvalue weighted by molar-refractivity contribution is 0.0945. The van der Waals surface area contributed by atoms with Gasteiger partial charge < -0.3 is 5.11 Å². The van der Waals surface area contributed by atoms with E-state index in [0.29, 0.717) is 23.4 Å². The van der Waals surface area contributed by atoms with E-state index in [-0.39, 0.29) is 0 Å². The fourth-order valence-corrected chi connectivity index (χ4v) is 3.18. The lowest BCUT2D eigenvalue weighted by Crippen LogP contribution is -2.35. The van der Waals surface area contributed by atoms with Gasteiger partial charge in [-0.1, -0.05) is 20.8 Å². The summed E-state index contributed by atoms with van der Waals surface area (Å²) in [6.45, 7) is 7.32. The van der Waals surface area contributed by atoms with Gasteiger partial charge in [-0.3, -0.25) is 0 Å². The molecule has 1 aliphatic rings. The molecule has 0 aromatic carbocycles. The van der Waals surface area contributed by atoms with Crippen molar-refractivity contribution in [3.63, 3.8) is 0 Å². The molecular formula is C11H22OS. The molecule has 0 heterocycles. The highest BCUT2D eigenvalue weighted by atomic mass is 32.1. The second kappa shape index (κ2) is 3.82. The molecule has 0 aromatic rings. The highest BCUT2D eigenvalue weighted by Gasteiger charge is 2.49. The summed E-state index contributed by atoms with van der Waals surface area (Å²) in [7, 11) is 0. The van der Waals surface area contributed by atoms with Gasteiger partial charge in [0.15, 0.2) is 0 Å². The molecule has 2 atom stereocenters. The Morgan fingerprint density at radius 3 is 2.38 bits per heavy atom. The zero-order chi connectivity index (χ0) is 10.1. The Kier molecular flexibility index (Phi) is 3.34. The van der Waals surface area contributed by atoms with E-state index in [4.69, 9.17) is 5.11 Å². The first kappa shape index (κ1) is 11.4. The van der Waals surface area contributed by atoms with Gasteiger partial charge in [0, 0.05) is 6.61 Å². The minimum atomic E-state index is 0.330. The summed E-state index contributed by atoms with van der Waals surface area (Å²) in [5.74, 6) is 1.64. The topological polar surface area (TPSA) is 20.2 Å². The Balaban J connectivity index is 2.76. The summed E-state index contributed by atoms with van der Waals surface area (Å²) >= 11 is 4.46. The van der Waals surface area contributed by atoms with E-state index >= 15 is 0 Å². The van der Waals surface area contributed by atoms with Crippen LogP contribution < -0.4 is 0 Å². The lowest BCUT2D eigenvalue weighted by atomic mass is 9.66. The SMILES string of the molecule is CC1(CS)CCC(CCO)C1(C)C. The maximum atomic E-state index is 8.98. The Morgan fingerprint density at radius 1 is 1.38 bits per heavy atom. The maximum absolute atomic E-state index is 8.98. The number of aliphatic hydroxyl groups excluding tert-OH is 1. The van der Waals surface area contributed by atoms with Gasteiger partial charge in [0.25, 0.3) is 0 Å². The highest BCUT2D eigenvalue weighted by Crippen LogP contribution is 2.57. The van der Waals surface area contributed by atoms with E-state index in [1.165, 1.54) is 12.8 Å². The molecule has 0 saturated heterocycles. The van der Waals surface area contributed by atoms with Gasteiger partial charge in [-0.05, 0) is 41.8 Å². The molecule has 1 saturated carbocycles. The van der Waals surface area contributed by atoms with Crippen LogP contribution in [0.5, 0.6) is 0 Å². The van der Waals surface area contributed by atoms with Crippen LogP contribution in [0.3, 0.4) is 0 Å². The molecule has 78 valence electrons. The highest BCUT2D eigenvalue weighted by molar-refractivity contribution is 7.80. The standard InChI is InChI=1S/C11H22OS/c1-10(2)9(5-7-12)4-6-11(10,3)8-13/h9,12-13H,4-8H2,1-3H3. The lowest BCUT2D eigenvalue weighted by Gasteiger charge is -2.41. The predicted molar refractivity (Wildman–Crippen MR) is 60.2 cm³/mol. The maximum Gasteiger partial charge on any atom is 0.0433 e.